The van der Waals surface area contributed by atoms with Gasteiger partial charge in [-0.2, -0.15) is 4.98 Å². The van der Waals surface area contributed by atoms with Gasteiger partial charge >= 0.3 is 16.5 Å². The van der Waals surface area contributed by atoms with E-state index in [4.69, 9.17) is 33.7 Å². The Morgan fingerprint density at radius 2 is 1.67 bits per heavy atom. The molecule has 9 N–H and O–H groups in total. The maximum atomic E-state index is 13.0. The molecule has 250 valence electrons. The number of hydrogen-bond donors (Lipinski definition) is 8. The summed E-state index contributed by atoms with van der Waals surface area (Å²) < 4.78 is 45.8. The van der Waals surface area contributed by atoms with Crippen LogP contribution in [-0.4, -0.2) is 119 Å². The summed E-state index contributed by atoms with van der Waals surface area (Å²) in [6.45, 7) is 0.484. The number of ether oxygens (including phenoxy) is 2. The molecule has 4 aromatic rings. The SMILES string of the molecule is CCc1ncnc2c1ncn2[C@@H]1O[C@H](COP(=O)(O)O[C@@H]2[C@H](O)[C@@H](CO)O[C@H]2n2cnc3c(=O)[nH]c(N)nc32)[C@@H](O)[C@H]1O.O=PO. The summed E-state index contributed by atoms with van der Waals surface area (Å²) in [6.07, 6.45) is -7.01. The Bertz CT molecular complexity index is 1800. The number of phosphoric ester groups is 1. The third kappa shape index (κ3) is 6.43. The van der Waals surface area contributed by atoms with Crippen LogP contribution in [0.4, 0.5) is 5.95 Å². The van der Waals surface area contributed by atoms with Gasteiger partial charge in [0.15, 0.2) is 29.3 Å². The molecule has 46 heavy (non-hydrogen) atoms. The summed E-state index contributed by atoms with van der Waals surface area (Å²) in [6, 6.07) is 0. The molecule has 1 unspecified atom stereocenters. The molecule has 2 aliphatic heterocycles. The van der Waals surface area contributed by atoms with Gasteiger partial charge in [0, 0.05) is 0 Å². The molecule has 2 saturated heterocycles. The standard InChI is InChI=1S/C22H28N9O11P.HO2P/c1-2-8-11-17(25-5-24-8)30(6-26-11)20-15(35)13(33)10(41-20)4-39-43(37,38)42-16-14(34)9(3-32)40-21(16)31-7-27-12-18(31)28-22(23)29-19(12)36;1-3-2/h5-7,9-10,13-16,20-21,32-35H,2-4H2,1H3,(H,37,38)(H3,23,28,29,36);(H,1,2)/t9-,10-,13-,14-,15-,16-,20-,21-;/m1./s1. The predicted molar refractivity (Wildman–Crippen MR) is 151 cm³/mol. The summed E-state index contributed by atoms with van der Waals surface area (Å²) >= 11 is 0. The number of hydrogen-bond acceptors (Lipinski definition) is 17. The van der Waals surface area contributed by atoms with Gasteiger partial charge in [-0.05, 0) is 6.42 Å². The van der Waals surface area contributed by atoms with Crippen molar-refractivity contribution in [3.8, 4) is 0 Å². The number of nitrogens with one attached hydrogen (secondary N) is 1. The number of H-pyrrole nitrogens is 1. The fourth-order valence-corrected chi connectivity index (χ4v) is 6.06. The number of anilines is 1. The van der Waals surface area contributed by atoms with Crippen LogP contribution in [0.15, 0.2) is 23.8 Å². The summed E-state index contributed by atoms with van der Waals surface area (Å²) in [5.41, 5.74) is 6.27. The number of aliphatic hydroxyl groups excluding tert-OH is 4. The van der Waals surface area contributed by atoms with E-state index in [1.54, 1.807) is 0 Å². The quantitative estimate of drug-likeness (QED) is 0.0853. The van der Waals surface area contributed by atoms with Crippen molar-refractivity contribution in [2.75, 3.05) is 18.9 Å². The van der Waals surface area contributed by atoms with Crippen molar-refractivity contribution in [1.29, 1.82) is 0 Å². The van der Waals surface area contributed by atoms with Crippen LogP contribution in [0.3, 0.4) is 0 Å². The van der Waals surface area contributed by atoms with E-state index in [0.717, 1.165) is 10.9 Å². The van der Waals surface area contributed by atoms with Crippen molar-refractivity contribution in [1.82, 2.24) is 39.0 Å². The first-order valence-electron chi connectivity index (χ1n) is 13.4. The number of aromatic amines is 1. The molecular formula is C22H29N9O13P2. The van der Waals surface area contributed by atoms with Gasteiger partial charge in [0.1, 0.15) is 48.5 Å². The fraction of sp³-hybridized carbons (Fsp3) is 0.545. The second kappa shape index (κ2) is 13.8. The molecule has 9 atom stereocenters. The molecule has 0 aliphatic carbocycles. The highest BCUT2D eigenvalue weighted by atomic mass is 31.2. The van der Waals surface area contributed by atoms with Gasteiger partial charge in [-0.1, -0.05) is 6.92 Å². The first-order chi connectivity index (χ1) is 21.9. The van der Waals surface area contributed by atoms with Crippen molar-refractivity contribution in [3.05, 3.63) is 35.0 Å². The molecule has 0 aromatic carbocycles. The Morgan fingerprint density at radius 3 is 2.35 bits per heavy atom. The average molecular weight is 689 g/mol. The van der Waals surface area contributed by atoms with Crippen LogP contribution in [0, 0.1) is 0 Å². The number of nitrogens with zero attached hydrogens (tertiary/aromatic N) is 7. The number of phosphoric acid groups is 1. The second-order valence-electron chi connectivity index (χ2n) is 9.97. The van der Waals surface area contributed by atoms with E-state index in [-0.39, 0.29) is 17.1 Å². The van der Waals surface area contributed by atoms with Gasteiger partial charge < -0.3 is 45.4 Å². The van der Waals surface area contributed by atoms with Gasteiger partial charge in [0.2, 0.25) is 5.95 Å². The number of aromatic nitrogens is 8. The van der Waals surface area contributed by atoms with Gasteiger partial charge in [0.05, 0.1) is 31.6 Å². The molecule has 2 aliphatic rings. The summed E-state index contributed by atoms with van der Waals surface area (Å²) in [5, 5.41) is 41.7. The minimum atomic E-state index is -5.04. The van der Waals surface area contributed by atoms with E-state index < -0.39 is 84.4 Å². The molecule has 0 spiro atoms. The maximum absolute atomic E-state index is 13.0. The molecule has 2 fully saturated rings. The highest BCUT2D eigenvalue weighted by Gasteiger charge is 2.50. The van der Waals surface area contributed by atoms with Crippen molar-refractivity contribution < 1.29 is 57.9 Å². The van der Waals surface area contributed by atoms with Crippen LogP contribution >= 0.6 is 16.5 Å². The van der Waals surface area contributed by atoms with Crippen molar-refractivity contribution in [3.63, 3.8) is 0 Å². The lowest BCUT2D eigenvalue weighted by Crippen LogP contribution is -2.36. The van der Waals surface area contributed by atoms with Crippen LogP contribution in [0.5, 0.6) is 0 Å². The molecule has 4 aromatic heterocycles. The fourth-order valence-electron chi connectivity index (χ4n) is 5.13. The molecule has 6 heterocycles. The zero-order chi connectivity index (χ0) is 33.3. The molecule has 22 nitrogen and oxygen atoms in total. The highest BCUT2D eigenvalue weighted by molar-refractivity contribution is 7.47. The molecule has 0 saturated carbocycles. The van der Waals surface area contributed by atoms with E-state index in [0.29, 0.717) is 23.3 Å². The summed E-state index contributed by atoms with van der Waals surface area (Å²) in [4.78, 5) is 52.6. The molecule has 0 radical (unpaired) electrons. The van der Waals surface area contributed by atoms with Crippen LogP contribution in [-0.2, 0) is 34.1 Å². The lowest BCUT2D eigenvalue weighted by atomic mass is 10.1. The molecular weight excluding hydrogens is 660 g/mol. The monoisotopic (exact) mass is 689 g/mol. The average Bonchev–Trinajstić information content (AvgIpc) is 3.77. The number of nitrogen functional groups attached to an aromatic ring is 1. The number of fused-ring (bicyclic) bond motifs is 2. The van der Waals surface area contributed by atoms with Crippen LogP contribution in [0.2, 0.25) is 0 Å². The molecule has 0 amide bonds. The second-order valence-corrected chi connectivity index (χ2v) is 11.5. The summed E-state index contributed by atoms with van der Waals surface area (Å²) in [7, 11) is -5.88. The van der Waals surface area contributed by atoms with E-state index >= 15 is 0 Å². The van der Waals surface area contributed by atoms with Gasteiger partial charge in [0.25, 0.3) is 5.56 Å². The number of aryl methyl sites for hydroxylation is 1. The molecule has 0 bridgehead atoms. The highest BCUT2D eigenvalue weighted by Crippen LogP contribution is 2.50. The molecule has 24 heteroatoms. The topological polar surface area (TPSA) is 326 Å². The zero-order valence-electron chi connectivity index (χ0n) is 23.6. The van der Waals surface area contributed by atoms with Crippen LogP contribution < -0.4 is 11.3 Å². The smallest absolute Gasteiger partial charge is 0.394 e. The van der Waals surface area contributed by atoms with E-state index in [9.17, 15) is 34.7 Å². The maximum Gasteiger partial charge on any atom is 0.472 e. The Kier molecular flexibility index (Phi) is 10.2. The van der Waals surface area contributed by atoms with Crippen LogP contribution in [0.25, 0.3) is 22.3 Å². The number of rotatable bonds is 9. The van der Waals surface area contributed by atoms with E-state index in [1.807, 2.05) is 6.92 Å². The summed E-state index contributed by atoms with van der Waals surface area (Å²) in [5.74, 6) is -0.248. The van der Waals surface area contributed by atoms with Crippen molar-refractivity contribution >= 4 is 44.8 Å². The first kappa shape index (κ1) is 34.0. The molecule has 6 rings (SSSR count). The minimum Gasteiger partial charge on any atom is -0.394 e. The third-order valence-corrected chi connectivity index (χ3v) is 8.24. The third-order valence-electron chi connectivity index (χ3n) is 7.26. The Morgan fingerprint density at radius 1 is 1.02 bits per heavy atom. The van der Waals surface area contributed by atoms with Gasteiger partial charge in [-0.15, -0.1) is 0 Å². The van der Waals surface area contributed by atoms with Gasteiger partial charge in [-0.25, -0.2) is 29.1 Å². The predicted octanol–water partition coefficient (Wildman–Crippen LogP) is -2.34. The van der Waals surface area contributed by atoms with E-state index in [2.05, 4.69) is 29.9 Å². The van der Waals surface area contributed by atoms with Crippen molar-refractivity contribution in [2.24, 2.45) is 0 Å². The first-order valence-corrected chi connectivity index (χ1v) is 15.7. The number of nitrogens with two attached hydrogens (primary N) is 1. The lowest BCUT2D eigenvalue weighted by molar-refractivity contribution is -0.0615. The van der Waals surface area contributed by atoms with Crippen molar-refractivity contribution in [2.45, 2.75) is 62.4 Å². The largest absolute Gasteiger partial charge is 0.472 e. The lowest BCUT2D eigenvalue weighted by Gasteiger charge is -2.24. The minimum absolute atomic E-state index is 0.0785. The van der Waals surface area contributed by atoms with Gasteiger partial charge in [-0.3, -0.25) is 28.0 Å². The Labute approximate surface area is 258 Å². The van der Waals surface area contributed by atoms with Crippen LogP contribution in [0.1, 0.15) is 25.1 Å². The Balaban J connectivity index is 0.00000134. The number of imidazole rings is 2. The van der Waals surface area contributed by atoms with E-state index in [1.165, 1.54) is 17.2 Å². The number of aliphatic hydroxyl groups is 4. The Hall–Kier alpha value is -3.37. The zero-order valence-corrected chi connectivity index (χ0v) is 25.4. The normalized spacial score (nSPS) is 29.3.